The number of nitrogens with two attached hydrogens (primary N) is 2. The number of nitrogen functional groups attached to an aromatic ring is 2. The highest BCUT2D eigenvalue weighted by Crippen LogP contribution is 2.36. The fourth-order valence-corrected chi connectivity index (χ4v) is 3.40. The summed E-state index contributed by atoms with van der Waals surface area (Å²) in [5, 5.41) is 2.25. The summed E-state index contributed by atoms with van der Waals surface area (Å²) < 4.78 is 0. The van der Waals surface area contributed by atoms with Crippen LogP contribution in [0.4, 0.5) is 11.6 Å². The number of hydrogen-bond acceptors (Lipinski definition) is 4. The summed E-state index contributed by atoms with van der Waals surface area (Å²) in [7, 11) is 0. The molecule has 4 rings (SSSR count). The maximum absolute atomic E-state index is 5.96. The van der Waals surface area contributed by atoms with Crippen molar-refractivity contribution in [1.82, 2.24) is 9.97 Å². The zero-order valence-electron chi connectivity index (χ0n) is 14.9. The Kier molecular flexibility index (Phi) is 4.17. The van der Waals surface area contributed by atoms with Crippen LogP contribution in [-0.4, -0.2) is 9.97 Å². The Morgan fingerprint density at radius 1 is 0.885 bits per heavy atom. The molecule has 0 saturated heterocycles. The summed E-state index contributed by atoms with van der Waals surface area (Å²) in [4.78, 5) is 9.02. The highest BCUT2D eigenvalue weighted by atomic mass is 15.0. The predicted octanol–water partition coefficient (Wildman–Crippen LogP) is 4.96. The van der Waals surface area contributed by atoms with E-state index < -0.39 is 0 Å². The average molecular weight is 342 g/mol. The summed E-state index contributed by atoms with van der Waals surface area (Å²) in [6.45, 7) is 2.21. The standard InChI is InChI=1S/C22H22N4/c1-2-3-6-14-9-11-15(12-10-14)19-17-8-5-4-7-16(17)13-18-20(19)26-22(24)21(23)25-18/h4-5,7-13H,2-3,6H2,1H3,(H2,23,25)(H2,24,26). The van der Waals surface area contributed by atoms with E-state index in [0.717, 1.165) is 39.4 Å². The Hall–Kier alpha value is -3.14. The van der Waals surface area contributed by atoms with Gasteiger partial charge in [0.1, 0.15) is 0 Å². The molecule has 0 saturated carbocycles. The third-order valence-electron chi connectivity index (χ3n) is 4.80. The summed E-state index contributed by atoms with van der Waals surface area (Å²) in [6.07, 6.45) is 3.51. The van der Waals surface area contributed by atoms with Crippen molar-refractivity contribution in [2.75, 3.05) is 11.5 Å². The molecule has 0 aliphatic carbocycles. The van der Waals surface area contributed by atoms with Crippen LogP contribution in [0.3, 0.4) is 0 Å². The van der Waals surface area contributed by atoms with Crippen LogP contribution in [-0.2, 0) is 6.42 Å². The molecule has 4 aromatic rings. The van der Waals surface area contributed by atoms with Crippen molar-refractivity contribution in [3.63, 3.8) is 0 Å². The van der Waals surface area contributed by atoms with E-state index in [4.69, 9.17) is 11.5 Å². The third-order valence-corrected chi connectivity index (χ3v) is 4.80. The molecule has 0 radical (unpaired) electrons. The molecule has 26 heavy (non-hydrogen) atoms. The molecule has 130 valence electrons. The van der Waals surface area contributed by atoms with E-state index in [1.807, 2.05) is 18.2 Å². The molecule has 4 nitrogen and oxygen atoms in total. The van der Waals surface area contributed by atoms with Crippen molar-refractivity contribution in [3.8, 4) is 11.1 Å². The number of fused-ring (bicyclic) bond motifs is 2. The lowest BCUT2D eigenvalue weighted by Gasteiger charge is -2.12. The van der Waals surface area contributed by atoms with Crippen molar-refractivity contribution in [2.45, 2.75) is 26.2 Å². The van der Waals surface area contributed by atoms with Gasteiger partial charge in [0.05, 0.1) is 11.0 Å². The minimum Gasteiger partial charge on any atom is -0.381 e. The second-order valence-electron chi connectivity index (χ2n) is 6.63. The van der Waals surface area contributed by atoms with Crippen LogP contribution < -0.4 is 11.5 Å². The van der Waals surface area contributed by atoms with Gasteiger partial charge in [0.25, 0.3) is 0 Å². The normalized spacial score (nSPS) is 11.3. The van der Waals surface area contributed by atoms with Crippen LogP contribution in [0.15, 0.2) is 54.6 Å². The summed E-state index contributed by atoms with van der Waals surface area (Å²) in [5.74, 6) is 0.544. The molecule has 0 bridgehead atoms. The lowest BCUT2D eigenvalue weighted by molar-refractivity contribution is 0.795. The molecule has 0 aliphatic heterocycles. The highest BCUT2D eigenvalue weighted by molar-refractivity contribution is 6.10. The van der Waals surface area contributed by atoms with Gasteiger partial charge in [-0.25, -0.2) is 9.97 Å². The molecule has 0 amide bonds. The van der Waals surface area contributed by atoms with E-state index in [-0.39, 0.29) is 11.6 Å². The minimum atomic E-state index is 0.272. The molecule has 1 aromatic heterocycles. The van der Waals surface area contributed by atoms with E-state index in [1.165, 1.54) is 18.4 Å². The Labute approximate surface area is 152 Å². The predicted molar refractivity (Wildman–Crippen MR) is 110 cm³/mol. The monoisotopic (exact) mass is 342 g/mol. The Balaban J connectivity index is 1.97. The molecular weight excluding hydrogens is 320 g/mol. The molecule has 0 aliphatic rings. The quantitative estimate of drug-likeness (QED) is 0.514. The van der Waals surface area contributed by atoms with Crippen LogP contribution in [0.2, 0.25) is 0 Å². The maximum atomic E-state index is 5.96. The van der Waals surface area contributed by atoms with Crippen LogP contribution in [0.1, 0.15) is 25.3 Å². The largest absolute Gasteiger partial charge is 0.381 e. The van der Waals surface area contributed by atoms with Gasteiger partial charge in [0, 0.05) is 5.56 Å². The topological polar surface area (TPSA) is 77.8 Å². The van der Waals surface area contributed by atoms with Gasteiger partial charge in [-0.2, -0.15) is 0 Å². The zero-order valence-corrected chi connectivity index (χ0v) is 14.9. The first kappa shape index (κ1) is 16.3. The van der Waals surface area contributed by atoms with E-state index in [9.17, 15) is 0 Å². The first-order valence-corrected chi connectivity index (χ1v) is 9.01. The molecule has 0 unspecified atom stereocenters. The number of benzene rings is 3. The van der Waals surface area contributed by atoms with Gasteiger partial charge in [-0.15, -0.1) is 0 Å². The molecular formula is C22H22N4. The fraction of sp³-hybridized carbons (Fsp3) is 0.182. The summed E-state index contributed by atoms with van der Waals surface area (Å²) in [6, 6.07) is 19.0. The number of anilines is 2. The third kappa shape index (κ3) is 2.84. The first-order valence-electron chi connectivity index (χ1n) is 9.01. The van der Waals surface area contributed by atoms with E-state index in [0.29, 0.717) is 0 Å². The van der Waals surface area contributed by atoms with E-state index >= 15 is 0 Å². The van der Waals surface area contributed by atoms with Crippen molar-refractivity contribution in [3.05, 3.63) is 60.2 Å². The van der Waals surface area contributed by atoms with Crippen molar-refractivity contribution >= 4 is 33.4 Å². The van der Waals surface area contributed by atoms with Crippen LogP contribution in [0.25, 0.3) is 32.9 Å². The Morgan fingerprint density at radius 3 is 2.38 bits per heavy atom. The van der Waals surface area contributed by atoms with Crippen LogP contribution >= 0.6 is 0 Å². The number of hydrogen-bond donors (Lipinski definition) is 2. The smallest absolute Gasteiger partial charge is 0.166 e. The SMILES string of the molecule is CCCCc1ccc(-c2c3ccccc3cc3nc(N)c(N)nc23)cc1. The number of aromatic nitrogens is 2. The number of nitrogens with zero attached hydrogens (tertiary/aromatic N) is 2. The number of rotatable bonds is 4. The van der Waals surface area contributed by atoms with Gasteiger partial charge in [-0.1, -0.05) is 61.9 Å². The van der Waals surface area contributed by atoms with Crippen LogP contribution in [0.5, 0.6) is 0 Å². The molecule has 4 N–H and O–H groups in total. The van der Waals surface area contributed by atoms with Gasteiger partial charge in [-0.05, 0) is 40.8 Å². The Morgan fingerprint density at radius 2 is 1.62 bits per heavy atom. The lowest BCUT2D eigenvalue weighted by Crippen LogP contribution is -2.02. The maximum Gasteiger partial charge on any atom is 0.166 e. The zero-order chi connectivity index (χ0) is 18.1. The second kappa shape index (κ2) is 6.64. The van der Waals surface area contributed by atoms with Crippen molar-refractivity contribution < 1.29 is 0 Å². The minimum absolute atomic E-state index is 0.272. The van der Waals surface area contributed by atoms with Gasteiger partial charge >= 0.3 is 0 Å². The number of aryl methyl sites for hydroxylation is 1. The first-order chi connectivity index (χ1) is 12.7. The highest BCUT2D eigenvalue weighted by Gasteiger charge is 2.14. The van der Waals surface area contributed by atoms with Crippen molar-refractivity contribution in [1.29, 1.82) is 0 Å². The summed E-state index contributed by atoms with van der Waals surface area (Å²) in [5.41, 5.74) is 16.9. The Bertz CT molecular complexity index is 1080. The van der Waals surface area contributed by atoms with Crippen molar-refractivity contribution in [2.24, 2.45) is 0 Å². The van der Waals surface area contributed by atoms with E-state index in [1.54, 1.807) is 0 Å². The molecule has 3 aromatic carbocycles. The summed E-state index contributed by atoms with van der Waals surface area (Å²) >= 11 is 0. The molecule has 0 atom stereocenters. The van der Waals surface area contributed by atoms with Crippen LogP contribution in [0, 0.1) is 0 Å². The van der Waals surface area contributed by atoms with Gasteiger partial charge in [0.2, 0.25) is 0 Å². The van der Waals surface area contributed by atoms with Gasteiger partial charge < -0.3 is 11.5 Å². The number of unbranched alkanes of at least 4 members (excludes halogenated alkanes) is 1. The second-order valence-corrected chi connectivity index (χ2v) is 6.63. The fourth-order valence-electron chi connectivity index (χ4n) is 3.40. The van der Waals surface area contributed by atoms with Gasteiger partial charge in [-0.3, -0.25) is 0 Å². The molecule has 0 fully saturated rings. The molecule has 4 heteroatoms. The molecule has 1 heterocycles. The van der Waals surface area contributed by atoms with Gasteiger partial charge in [0.15, 0.2) is 11.6 Å². The average Bonchev–Trinajstić information content (AvgIpc) is 2.66. The van der Waals surface area contributed by atoms with E-state index in [2.05, 4.69) is 53.3 Å². The molecule has 0 spiro atoms. The lowest BCUT2D eigenvalue weighted by atomic mass is 9.95.